The van der Waals surface area contributed by atoms with E-state index in [4.69, 9.17) is 15.6 Å². The fourth-order valence-corrected chi connectivity index (χ4v) is 1.82. The molecule has 0 saturated carbocycles. The summed E-state index contributed by atoms with van der Waals surface area (Å²) in [4.78, 5) is 21.7. The van der Waals surface area contributed by atoms with E-state index in [1.165, 1.54) is 5.56 Å². The Kier molecular flexibility index (Phi) is 7.99. The van der Waals surface area contributed by atoms with Crippen LogP contribution in [0, 0.1) is 5.92 Å². The molecular formula is C16H23NO5. The normalized spacial score (nSPS) is 13.2. The lowest BCUT2D eigenvalue weighted by molar-refractivity contribution is -0.139. The second-order valence-corrected chi connectivity index (χ2v) is 5.27. The molecule has 0 aliphatic heterocycles. The van der Waals surface area contributed by atoms with Crippen LogP contribution in [0.1, 0.15) is 25.3 Å². The highest BCUT2D eigenvalue weighted by Gasteiger charge is 2.15. The van der Waals surface area contributed by atoms with Crippen molar-refractivity contribution >= 4 is 12.1 Å². The second-order valence-electron chi connectivity index (χ2n) is 5.27. The molecule has 1 rings (SSSR count). The van der Waals surface area contributed by atoms with E-state index >= 15 is 0 Å². The number of ether oxygens (including phenoxy) is 2. The van der Waals surface area contributed by atoms with Gasteiger partial charge in [0.05, 0.1) is 6.61 Å². The Balaban J connectivity index is 2.10. The standard InChI is InChI=1S/C16H23NO5/c1-12(7-8-13-5-3-2-4-6-13)9-10-21-16(20)22-11-14(17)15(18)19/h2-6,12,14H,7-11,17H2,1H3,(H,18,19). The number of carboxylic acids is 1. The number of carbonyl (C=O) groups excluding carboxylic acids is 1. The Labute approximate surface area is 130 Å². The molecule has 1 aromatic carbocycles. The molecule has 0 radical (unpaired) electrons. The summed E-state index contributed by atoms with van der Waals surface area (Å²) in [6.07, 6.45) is 1.84. The van der Waals surface area contributed by atoms with Crippen molar-refractivity contribution < 1.29 is 24.2 Å². The third kappa shape index (κ3) is 7.64. The summed E-state index contributed by atoms with van der Waals surface area (Å²) in [6, 6.07) is 8.97. The van der Waals surface area contributed by atoms with E-state index in [2.05, 4.69) is 23.8 Å². The molecule has 0 fully saturated rings. The van der Waals surface area contributed by atoms with Gasteiger partial charge in [0.1, 0.15) is 12.6 Å². The van der Waals surface area contributed by atoms with Gasteiger partial charge in [0.25, 0.3) is 0 Å². The fourth-order valence-electron chi connectivity index (χ4n) is 1.82. The number of carboxylic acid groups (broad SMARTS) is 1. The van der Waals surface area contributed by atoms with Crippen molar-refractivity contribution in [3.63, 3.8) is 0 Å². The molecule has 6 heteroatoms. The fraction of sp³-hybridized carbons (Fsp3) is 0.500. The average molecular weight is 309 g/mol. The van der Waals surface area contributed by atoms with Gasteiger partial charge < -0.3 is 20.3 Å². The highest BCUT2D eigenvalue weighted by atomic mass is 16.7. The zero-order valence-electron chi connectivity index (χ0n) is 12.7. The molecule has 0 saturated heterocycles. The van der Waals surface area contributed by atoms with Crippen LogP contribution >= 0.6 is 0 Å². The Morgan fingerprint density at radius 1 is 1.18 bits per heavy atom. The highest BCUT2D eigenvalue weighted by Crippen LogP contribution is 2.12. The number of hydrogen-bond donors (Lipinski definition) is 2. The minimum absolute atomic E-state index is 0.247. The molecule has 6 nitrogen and oxygen atoms in total. The zero-order valence-corrected chi connectivity index (χ0v) is 12.7. The lowest BCUT2D eigenvalue weighted by atomic mass is 9.99. The molecule has 0 aliphatic rings. The van der Waals surface area contributed by atoms with Gasteiger partial charge in [0.15, 0.2) is 0 Å². The van der Waals surface area contributed by atoms with E-state index in [9.17, 15) is 9.59 Å². The zero-order chi connectivity index (χ0) is 16.4. The molecule has 122 valence electrons. The van der Waals surface area contributed by atoms with Crippen LogP contribution < -0.4 is 5.73 Å². The second kappa shape index (κ2) is 9.78. The Morgan fingerprint density at radius 2 is 1.86 bits per heavy atom. The predicted octanol–water partition coefficient (Wildman–Crippen LogP) is 2.21. The summed E-state index contributed by atoms with van der Waals surface area (Å²) in [7, 11) is 0. The summed E-state index contributed by atoms with van der Waals surface area (Å²) in [5.74, 6) is -0.809. The Hall–Kier alpha value is -2.08. The van der Waals surface area contributed by atoms with Crippen molar-refractivity contribution in [1.82, 2.24) is 0 Å². The molecular weight excluding hydrogens is 286 g/mol. The number of aliphatic carboxylic acids is 1. The predicted molar refractivity (Wildman–Crippen MR) is 81.5 cm³/mol. The Morgan fingerprint density at radius 3 is 2.50 bits per heavy atom. The van der Waals surface area contributed by atoms with Crippen LogP contribution in [0.4, 0.5) is 4.79 Å². The van der Waals surface area contributed by atoms with E-state index in [-0.39, 0.29) is 6.61 Å². The van der Waals surface area contributed by atoms with Gasteiger partial charge in [-0.25, -0.2) is 4.79 Å². The van der Waals surface area contributed by atoms with Gasteiger partial charge in [-0.05, 0) is 30.7 Å². The lowest BCUT2D eigenvalue weighted by Gasteiger charge is -2.12. The monoisotopic (exact) mass is 309 g/mol. The molecule has 0 amide bonds. The maximum atomic E-state index is 11.2. The van der Waals surface area contributed by atoms with Crippen LogP contribution in [0.25, 0.3) is 0 Å². The third-order valence-electron chi connectivity index (χ3n) is 3.30. The maximum absolute atomic E-state index is 11.2. The average Bonchev–Trinajstić information content (AvgIpc) is 2.51. The van der Waals surface area contributed by atoms with Gasteiger partial charge >= 0.3 is 12.1 Å². The van der Waals surface area contributed by atoms with Crippen LogP contribution in [0.3, 0.4) is 0 Å². The van der Waals surface area contributed by atoms with Crippen LogP contribution in [-0.4, -0.2) is 36.5 Å². The van der Waals surface area contributed by atoms with Gasteiger partial charge in [-0.1, -0.05) is 37.3 Å². The first-order valence-corrected chi connectivity index (χ1v) is 7.31. The summed E-state index contributed by atoms with van der Waals surface area (Å²) < 4.78 is 9.49. The highest BCUT2D eigenvalue weighted by molar-refractivity contribution is 5.73. The van der Waals surface area contributed by atoms with Crippen molar-refractivity contribution in [2.75, 3.05) is 13.2 Å². The lowest BCUT2D eigenvalue weighted by Crippen LogP contribution is -2.35. The van der Waals surface area contributed by atoms with Gasteiger partial charge in [0.2, 0.25) is 0 Å². The van der Waals surface area contributed by atoms with Crippen LogP contribution in [-0.2, 0) is 20.7 Å². The summed E-state index contributed by atoms with van der Waals surface area (Å²) in [5, 5.41) is 8.54. The molecule has 0 bridgehead atoms. The third-order valence-corrected chi connectivity index (χ3v) is 3.30. The first kappa shape index (κ1) is 18.0. The molecule has 0 aliphatic carbocycles. The van der Waals surface area contributed by atoms with Gasteiger partial charge in [0, 0.05) is 0 Å². The number of benzene rings is 1. The van der Waals surface area contributed by atoms with Crippen molar-refractivity contribution in [2.24, 2.45) is 11.7 Å². The van der Waals surface area contributed by atoms with Crippen LogP contribution in [0.5, 0.6) is 0 Å². The molecule has 0 aromatic heterocycles. The summed E-state index contributed by atoms with van der Waals surface area (Å²) >= 11 is 0. The number of nitrogens with two attached hydrogens (primary N) is 1. The molecule has 2 atom stereocenters. The Bertz CT molecular complexity index is 463. The van der Waals surface area contributed by atoms with E-state index in [1.54, 1.807) is 0 Å². The summed E-state index contributed by atoms with van der Waals surface area (Å²) in [6.45, 7) is 1.95. The van der Waals surface area contributed by atoms with Crippen molar-refractivity contribution in [2.45, 2.75) is 32.2 Å². The van der Waals surface area contributed by atoms with Crippen LogP contribution in [0.2, 0.25) is 0 Å². The van der Waals surface area contributed by atoms with Gasteiger partial charge in [-0.15, -0.1) is 0 Å². The van der Waals surface area contributed by atoms with Gasteiger partial charge in [-0.3, -0.25) is 4.79 Å². The number of aryl methyl sites for hydroxylation is 1. The topological polar surface area (TPSA) is 98.9 Å². The van der Waals surface area contributed by atoms with Crippen LogP contribution in [0.15, 0.2) is 30.3 Å². The number of carbonyl (C=O) groups is 2. The molecule has 3 N–H and O–H groups in total. The first-order chi connectivity index (χ1) is 10.5. The number of hydrogen-bond acceptors (Lipinski definition) is 5. The molecule has 2 unspecified atom stereocenters. The van der Waals surface area contributed by atoms with Crippen molar-refractivity contribution in [3.8, 4) is 0 Å². The minimum Gasteiger partial charge on any atom is -0.480 e. The van der Waals surface area contributed by atoms with Gasteiger partial charge in [-0.2, -0.15) is 0 Å². The number of rotatable bonds is 9. The SMILES string of the molecule is CC(CCOC(=O)OCC(N)C(=O)O)CCc1ccccc1. The quantitative estimate of drug-likeness (QED) is 0.679. The van der Waals surface area contributed by atoms with Crippen molar-refractivity contribution in [3.05, 3.63) is 35.9 Å². The first-order valence-electron chi connectivity index (χ1n) is 7.31. The summed E-state index contributed by atoms with van der Waals surface area (Å²) in [5.41, 5.74) is 6.49. The maximum Gasteiger partial charge on any atom is 0.508 e. The smallest absolute Gasteiger partial charge is 0.480 e. The van der Waals surface area contributed by atoms with E-state index in [0.29, 0.717) is 5.92 Å². The molecule has 1 aromatic rings. The van der Waals surface area contributed by atoms with E-state index < -0.39 is 24.8 Å². The molecule has 0 spiro atoms. The largest absolute Gasteiger partial charge is 0.508 e. The molecule has 22 heavy (non-hydrogen) atoms. The van der Waals surface area contributed by atoms with E-state index in [1.807, 2.05) is 18.2 Å². The molecule has 0 heterocycles. The minimum atomic E-state index is -1.22. The van der Waals surface area contributed by atoms with E-state index in [0.717, 1.165) is 19.3 Å². The van der Waals surface area contributed by atoms with Crippen molar-refractivity contribution in [1.29, 1.82) is 0 Å².